The molecule has 0 radical (unpaired) electrons. The smallest absolute Gasteiger partial charge is 0.311 e. The van der Waals surface area contributed by atoms with Crippen LogP contribution in [0.2, 0.25) is 0 Å². The van der Waals surface area contributed by atoms with Gasteiger partial charge in [0, 0.05) is 42.5 Å². The van der Waals surface area contributed by atoms with Crippen LogP contribution in [0.15, 0.2) is 47.6 Å². The van der Waals surface area contributed by atoms with E-state index < -0.39 is 9.85 Å². The molecule has 186 valence electrons. The van der Waals surface area contributed by atoms with Crippen molar-refractivity contribution in [1.29, 1.82) is 0 Å². The van der Waals surface area contributed by atoms with Crippen molar-refractivity contribution in [2.24, 2.45) is 5.10 Å². The number of para-hydroxylation sites is 1. The van der Waals surface area contributed by atoms with Gasteiger partial charge in [0.05, 0.1) is 36.4 Å². The Bertz CT molecular complexity index is 1300. The minimum Gasteiger partial charge on any atom is -0.490 e. The van der Waals surface area contributed by atoms with Crippen LogP contribution in [-0.2, 0) is 4.74 Å². The number of nitro benzene ring substituents is 2. The summed E-state index contributed by atoms with van der Waals surface area (Å²) < 4.78 is 10.6. The van der Waals surface area contributed by atoms with Gasteiger partial charge in [0.1, 0.15) is 0 Å². The first kappa shape index (κ1) is 24.2. The van der Waals surface area contributed by atoms with Crippen molar-refractivity contribution in [3.8, 4) is 5.75 Å². The number of aromatic nitrogens is 3. The Labute approximate surface area is 204 Å². The molecule has 1 aromatic heterocycles. The fourth-order valence-electron chi connectivity index (χ4n) is 3.37. The summed E-state index contributed by atoms with van der Waals surface area (Å²) in [6.07, 6.45) is 1.34. The van der Waals surface area contributed by atoms with Crippen LogP contribution in [0, 0.1) is 20.2 Å². The van der Waals surface area contributed by atoms with Gasteiger partial charge in [-0.25, -0.2) is 5.43 Å². The molecular weight excluding hydrogens is 474 g/mol. The third-order valence-corrected chi connectivity index (χ3v) is 5.02. The minimum atomic E-state index is -0.546. The zero-order chi connectivity index (χ0) is 25.5. The molecule has 2 N–H and O–H groups in total. The number of anilines is 4. The van der Waals surface area contributed by atoms with Crippen molar-refractivity contribution in [2.45, 2.75) is 0 Å². The average Bonchev–Trinajstić information content (AvgIpc) is 2.89. The second-order valence-corrected chi connectivity index (χ2v) is 7.34. The molecule has 0 atom stereocenters. The SMILES string of the molecule is COc1c(/C=N/Nc2nc(Nc3cccc([N+](=O)[O-])c3)nc(N3CCOCC3)n2)cccc1[N+](=O)[O-]. The van der Waals surface area contributed by atoms with Crippen LogP contribution in [0.4, 0.5) is 34.9 Å². The van der Waals surface area contributed by atoms with Crippen LogP contribution in [0.3, 0.4) is 0 Å². The molecule has 2 heterocycles. The molecule has 4 rings (SSSR count). The summed E-state index contributed by atoms with van der Waals surface area (Å²) >= 11 is 0. The second kappa shape index (κ2) is 11.0. The van der Waals surface area contributed by atoms with Crippen LogP contribution in [-0.4, -0.2) is 64.4 Å². The molecule has 1 aliphatic heterocycles. The van der Waals surface area contributed by atoms with Gasteiger partial charge in [-0.05, 0) is 12.1 Å². The lowest BCUT2D eigenvalue weighted by Crippen LogP contribution is -2.37. The molecule has 15 heteroatoms. The Hall–Kier alpha value is -4.92. The number of morpholine rings is 1. The molecular formula is C21H21N9O6. The van der Waals surface area contributed by atoms with E-state index in [4.69, 9.17) is 9.47 Å². The maximum Gasteiger partial charge on any atom is 0.311 e. The highest BCUT2D eigenvalue weighted by atomic mass is 16.6. The quantitative estimate of drug-likeness (QED) is 0.252. The number of nitro groups is 2. The average molecular weight is 495 g/mol. The monoisotopic (exact) mass is 495 g/mol. The molecule has 0 saturated carbocycles. The van der Waals surface area contributed by atoms with Gasteiger partial charge in [0.15, 0.2) is 0 Å². The van der Waals surface area contributed by atoms with Crippen molar-refractivity contribution in [1.82, 2.24) is 15.0 Å². The Morgan fingerprint density at radius 1 is 1.06 bits per heavy atom. The maximum absolute atomic E-state index is 11.2. The van der Waals surface area contributed by atoms with Crippen LogP contribution in [0.25, 0.3) is 0 Å². The molecule has 0 bridgehead atoms. The summed E-state index contributed by atoms with van der Waals surface area (Å²) in [5.41, 5.74) is 3.21. The van der Waals surface area contributed by atoms with Gasteiger partial charge in [-0.1, -0.05) is 12.1 Å². The number of benzene rings is 2. The number of hydrogen-bond donors (Lipinski definition) is 2. The van der Waals surface area contributed by atoms with Crippen LogP contribution in [0.5, 0.6) is 5.75 Å². The molecule has 0 aliphatic carbocycles. The lowest BCUT2D eigenvalue weighted by atomic mass is 10.2. The molecule has 0 amide bonds. The van der Waals surface area contributed by atoms with Gasteiger partial charge < -0.3 is 19.7 Å². The fourth-order valence-corrected chi connectivity index (χ4v) is 3.37. The van der Waals surface area contributed by atoms with Gasteiger partial charge in [-0.15, -0.1) is 0 Å². The Morgan fingerprint density at radius 2 is 1.81 bits per heavy atom. The third kappa shape index (κ3) is 5.76. The van der Waals surface area contributed by atoms with E-state index in [9.17, 15) is 20.2 Å². The minimum absolute atomic E-state index is 0.0609. The summed E-state index contributed by atoms with van der Waals surface area (Å²) in [6, 6.07) is 10.4. The largest absolute Gasteiger partial charge is 0.490 e. The van der Waals surface area contributed by atoms with Gasteiger partial charge in [0.2, 0.25) is 23.6 Å². The molecule has 1 saturated heterocycles. The number of nitrogens with one attached hydrogen (secondary N) is 2. The highest BCUT2D eigenvalue weighted by molar-refractivity contribution is 5.86. The summed E-state index contributed by atoms with van der Waals surface area (Å²) in [5, 5.41) is 29.4. The Kier molecular flexibility index (Phi) is 7.40. The van der Waals surface area contributed by atoms with E-state index in [0.717, 1.165) is 0 Å². The molecule has 3 aromatic rings. The zero-order valence-electron chi connectivity index (χ0n) is 19.0. The van der Waals surface area contributed by atoms with Crippen molar-refractivity contribution in [3.63, 3.8) is 0 Å². The Balaban J connectivity index is 1.61. The first-order chi connectivity index (χ1) is 17.4. The lowest BCUT2D eigenvalue weighted by molar-refractivity contribution is -0.385. The molecule has 0 spiro atoms. The molecule has 36 heavy (non-hydrogen) atoms. The summed E-state index contributed by atoms with van der Waals surface area (Å²) in [6.45, 7) is 2.14. The predicted octanol–water partition coefficient (Wildman–Crippen LogP) is 2.72. The lowest BCUT2D eigenvalue weighted by Gasteiger charge is -2.27. The number of nitrogens with zero attached hydrogens (tertiary/aromatic N) is 7. The van der Waals surface area contributed by atoms with E-state index in [2.05, 4.69) is 30.8 Å². The Morgan fingerprint density at radius 3 is 2.53 bits per heavy atom. The normalized spacial score (nSPS) is 13.4. The van der Waals surface area contributed by atoms with E-state index >= 15 is 0 Å². The molecule has 1 fully saturated rings. The molecule has 1 aliphatic rings. The molecule has 0 unspecified atom stereocenters. The van der Waals surface area contributed by atoms with Gasteiger partial charge in [0.25, 0.3) is 5.69 Å². The first-order valence-corrected chi connectivity index (χ1v) is 10.7. The van der Waals surface area contributed by atoms with Crippen molar-refractivity contribution in [3.05, 3.63) is 68.3 Å². The van der Waals surface area contributed by atoms with E-state index in [0.29, 0.717) is 43.5 Å². The van der Waals surface area contributed by atoms with E-state index in [1.165, 1.54) is 37.6 Å². The number of non-ortho nitro benzene ring substituents is 1. The topological polar surface area (TPSA) is 183 Å². The van der Waals surface area contributed by atoms with Gasteiger partial charge >= 0.3 is 5.69 Å². The zero-order valence-corrected chi connectivity index (χ0v) is 19.0. The van der Waals surface area contributed by atoms with Gasteiger partial charge in [-0.2, -0.15) is 20.1 Å². The van der Waals surface area contributed by atoms with E-state index in [1.54, 1.807) is 18.2 Å². The van der Waals surface area contributed by atoms with Crippen LogP contribution >= 0.6 is 0 Å². The highest BCUT2D eigenvalue weighted by Gasteiger charge is 2.19. The van der Waals surface area contributed by atoms with E-state index in [-0.39, 0.29) is 29.0 Å². The van der Waals surface area contributed by atoms with Crippen LogP contribution in [0.1, 0.15) is 5.56 Å². The van der Waals surface area contributed by atoms with Crippen molar-refractivity contribution in [2.75, 3.05) is 49.1 Å². The number of rotatable bonds is 9. The molecule has 2 aromatic carbocycles. The summed E-state index contributed by atoms with van der Waals surface area (Å²) in [5.74, 6) is 0.635. The number of ether oxygens (including phenoxy) is 2. The number of hydrazone groups is 1. The highest BCUT2D eigenvalue weighted by Crippen LogP contribution is 2.29. The molecule has 15 nitrogen and oxygen atoms in total. The number of hydrogen-bond acceptors (Lipinski definition) is 13. The predicted molar refractivity (Wildman–Crippen MR) is 130 cm³/mol. The van der Waals surface area contributed by atoms with E-state index in [1.807, 2.05) is 4.90 Å². The van der Waals surface area contributed by atoms with Crippen LogP contribution < -0.4 is 20.4 Å². The fraction of sp³-hybridized carbons (Fsp3) is 0.238. The van der Waals surface area contributed by atoms with Crippen molar-refractivity contribution < 1.29 is 19.3 Å². The standard InChI is InChI=1S/C21H21N9O6/c1-35-18-14(4-2-7-17(18)30(33)34)13-22-27-20-24-19(23-15-5-3-6-16(12-15)29(31)32)25-21(26-20)28-8-10-36-11-9-28/h2-7,12-13H,8-11H2,1H3,(H2,23,24,25,26,27)/b22-13+. The third-order valence-electron chi connectivity index (χ3n) is 5.02. The van der Waals surface area contributed by atoms with Crippen molar-refractivity contribution >= 4 is 41.1 Å². The summed E-state index contributed by atoms with van der Waals surface area (Å²) in [7, 11) is 1.33. The summed E-state index contributed by atoms with van der Waals surface area (Å²) in [4.78, 5) is 36.3. The van der Waals surface area contributed by atoms with Gasteiger partial charge in [-0.3, -0.25) is 20.2 Å². The first-order valence-electron chi connectivity index (χ1n) is 10.7. The second-order valence-electron chi connectivity index (χ2n) is 7.34. The number of methoxy groups -OCH3 is 1. The maximum atomic E-state index is 11.2.